The van der Waals surface area contributed by atoms with Gasteiger partial charge in [-0.2, -0.15) is 5.10 Å². The van der Waals surface area contributed by atoms with Gasteiger partial charge in [-0.25, -0.2) is 0 Å². The summed E-state index contributed by atoms with van der Waals surface area (Å²) < 4.78 is 6.43. The topological polar surface area (TPSA) is 96.6 Å². The van der Waals surface area contributed by atoms with Crippen molar-refractivity contribution in [2.45, 2.75) is 24.8 Å². The van der Waals surface area contributed by atoms with Crippen molar-refractivity contribution < 1.29 is 19.7 Å². The van der Waals surface area contributed by atoms with Crippen LogP contribution in [0.25, 0.3) is 0 Å². The fourth-order valence-electron chi connectivity index (χ4n) is 1.73. The molecule has 2 rings (SSSR count). The Hall–Kier alpha value is -1.15. The maximum absolute atomic E-state index is 11.7. The van der Waals surface area contributed by atoms with E-state index in [0.29, 0.717) is 5.02 Å². The second-order valence-corrected chi connectivity index (χ2v) is 4.56. The van der Waals surface area contributed by atoms with E-state index in [1.807, 2.05) is 0 Å². The van der Waals surface area contributed by atoms with Crippen molar-refractivity contribution in [2.24, 2.45) is 0 Å². The van der Waals surface area contributed by atoms with Crippen LogP contribution >= 0.6 is 11.6 Å². The van der Waals surface area contributed by atoms with E-state index >= 15 is 0 Å². The van der Waals surface area contributed by atoms with Gasteiger partial charge < -0.3 is 20.3 Å². The summed E-state index contributed by atoms with van der Waals surface area (Å²) in [6.45, 7) is 0.234. The molecule has 1 aliphatic heterocycles. The van der Waals surface area contributed by atoms with E-state index in [4.69, 9.17) is 16.3 Å². The standard InChI is InChI=1S/C10H14ClN3O4/c11-6-1-12-14(2-6)3-9(16)13-7-4-18-5-8(15)10(7)17/h1-2,7-8,10,15,17H,3-5H2,(H,13,16)/t7-,8-,10+/m1/s1. The summed E-state index contributed by atoms with van der Waals surface area (Å²) in [5.41, 5.74) is 0. The zero-order chi connectivity index (χ0) is 13.1. The van der Waals surface area contributed by atoms with Gasteiger partial charge in [-0.3, -0.25) is 9.48 Å². The molecule has 0 radical (unpaired) electrons. The molecule has 0 aliphatic carbocycles. The summed E-state index contributed by atoms with van der Waals surface area (Å²) in [6.07, 6.45) is 0.938. The number of amides is 1. The zero-order valence-electron chi connectivity index (χ0n) is 9.49. The molecule has 1 aromatic heterocycles. The minimum Gasteiger partial charge on any atom is -0.388 e. The van der Waals surface area contributed by atoms with Gasteiger partial charge in [0.05, 0.1) is 30.5 Å². The van der Waals surface area contributed by atoms with E-state index in [9.17, 15) is 15.0 Å². The van der Waals surface area contributed by atoms with Gasteiger partial charge >= 0.3 is 0 Å². The molecule has 0 saturated carbocycles. The highest BCUT2D eigenvalue weighted by atomic mass is 35.5. The minimum atomic E-state index is -1.02. The molecule has 0 aromatic carbocycles. The second-order valence-electron chi connectivity index (χ2n) is 4.13. The summed E-state index contributed by atoms with van der Waals surface area (Å²) in [5, 5.41) is 25.9. The Morgan fingerprint density at radius 1 is 1.61 bits per heavy atom. The van der Waals surface area contributed by atoms with E-state index < -0.39 is 18.2 Å². The Morgan fingerprint density at radius 2 is 2.39 bits per heavy atom. The first-order valence-electron chi connectivity index (χ1n) is 5.47. The second kappa shape index (κ2) is 5.66. The number of aliphatic hydroxyl groups is 2. The fraction of sp³-hybridized carbons (Fsp3) is 0.600. The SMILES string of the molecule is O=C(Cn1cc(Cl)cn1)N[C@@H]1COC[C@@H](O)[C@H]1O. The van der Waals surface area contributed by atoms with Crippen LogP contribution in [0.4, 0.5) is 0 Å². The first kappa shape index (κ1) is 13.3. The Labute approximate surface area is 108 Å². The number of hydrogen-bond donors (Lipinski definition) is 3. The van der Waals surface area contributed by atoms with Gasteiger partial charge in [-0.05, 0) is 0 Å². The summed E-state index contributed by atoms with van der Waals surface area (Å²) in [7, 11) is 0. The van der Waals surface area contributed by atoms with E-state index in [2.05, 4.69) is 10.4 Å². The normalized spacial score (nSPS) is 28.1. The van der Waals surface area contributed by atoms with Crippen LogP contribution in [-0.4, -0.2) is 57.4 Å². The fourth-order valence-corrected chi connectivity index (χ4v) is 1.89. The molecular formula is C10H14ClN3O4. The summed E-state index contributed by atoms with van der Waals surface area (Å²) in [4.78, 5) is 11.7. The predicted molar refractivity (Wildman–Crippen MR) is 62.0 cm³/mol. The average molecular weight is 276 g/mol. The number of ether oxygens (including phenoxy) is 1. The number of hydrogen-bond acceptors (Lipinski definition) is 5. The van der Waals surface area contributed by atoms with Crippen LogP contribution in [0.3, 0.4) is 0 Å². The number of halogens is 1. The minimum absolute atomic E-state index is 0.00790. The quantitative estimate of drug-likeness (QED) is 0.642. The predicted octanol–water partition coefficient (Wildman–Crippen LogP) is -1.23. The van der Waals surface area contributed by atoms with Gasteiger partial charge in [0, 0.05) is 6.20 Å². The molecule has 8 heteroatoms. The van der Waals surface area contributed by atoms with Crippen LogP contribution in [0, 0.1) is 0 Å². The highest BCUT2D eigenvalue weighted by Crippen LogP contribution is 2.09. The number of rotatable bonds is 3. The first-order chi connectivity index (χ1) is 8.56. The maximum atomic E-state index is 11.7. The van der Waals surface area contributed by atoms with Crippen molar-refractivity contribution in [2.75, 3.05) is 13.2 Å². The molecule has 7 nitrogen and oxygen atoms in total. The maximum Gasteiger partial charge on any atom is 0.242 e. The molecule has 3 atom stereocenters. The van der Waals surface area contributed by atoms with Crippen LogP contribution < -0.4 is 5.32 Å². The molecule has 0 spiro atoms. The van der Waals surface area contributed by atoms with E-state index in [1.54, 1.807) is 0 Å². The number of aliphatic hydroxyl groups excluding tert-OH is 2. The van der Waals surface area contributed by atoms with E-state index in [-0.39, 0.29) is 25.7 Å². The molecule has 1 fully saturated rings. The van der Waals surface area contributed by atoms with Crippen LogP contribution in [0.1, 0.15) is 0 Å². The Balaban J connectivity index is 1.87. The van der Waals surface area contributed by atoms with Crippen LogP contribution in [-0.2, 0) is 16.1 Å². The summed E-state index contributed by atoms with van der Waals surface area (Å²) >= 11 is 5.67. The highest BCUT2D eigenvalue weighted by molar-refractivity contribution is 6.30. The first-order valence-corrected chi connectivity index (χ1v) is 5.85. The molecule has 0 unspecified atom stereocenters. The molecule has 1 saturated heterocycles. The lowest BCUT2D eigenvalue weighted by Crippen LogP contribution is -2.56. The summed E-state index contributed by atoms with van der Waals surface area (Å²) in [6, 6.07) is -0.618. The third kappa shape index (κ3) is 3.20. The monoisotopic (exact) mass is 275 g/mol. The Morgan fingerprint density at radius 3 is 3.06 bits per heavy atom. The van der Waals surface area contributed by atoms with Crippen LogP contribution in [0.15, 0.2) is 12.4 Å². The van der Waals surface area contributed by atoms with Crippen molar-refractivity contribution in [1.29, 1.82) is 0 Å². The van der Waals surface area contributed by atoms with Gasteiger partial charge in [0.2, 0.25) is 5.91 Å². The van der Waals surface area contributed by atoms with Crippen LogP contribution in [0.5, 0.6) is 0 Å². The summed E-state index contributed by atoms with van der Waals surface area (Å²) in [5.74, 6) is -0.337. The number of nitrogens with one attached hydrogen (secondary N) is 1. The zero-order valence-corrected chi connectivity index (χ0v) is 10.2. The molecule has 1 aliphatic rings. The third-order valence-electron chi connectivity index (χ3n) is 2.65. The van der Waals surface area contributed by atoms with Crippen LogP contribution in [0.2, 0.25) is 5.02 Å². The van der Waals surface area contributed by atoms with E-state index in [0.717, 1.165) is 0 Å². The number of carbonyl (C=O) groups excluding carboxylic acids is 1. The lowest BCUT2D eigenvalue weighted by atomic mass is 10.0. The van der Waals surface area contributed by atoms with Crippen molar-refractivity contribution in [3.63, 3.8) is 0 Å². The van der Waals surface area contributed by atoms with Gasteiger partial charge in [0.15, 0.2) is 0 Å². The molecular weight excluding hydrogens is 262 g/mol. The lowest BCUT2D eigenvalue weighted by Gasteiger charge is -2.32. The van der Waals surface area contributed by atoms with Gasteiger partial charge in [-0.1, -0.05) is 11.6 Å². The van der Waals surface area contributed by atoms with E-state index in [1.165, 1.54) is 17.1 Å². The van der Waals surface area contributed by atoms with Gasteiger partial charge in [-0.15, -0.1) is 0 Å². The van der Waals surface area contributed by atoms with Gasteiger partial charge in [0.25, 0.3) is 0 Å². The largest absolute Gasteiger partial charge is 0.388 e. The molecule has 3 N–H and O–H groups in total. The number of nitrogens with zero attached hydrogens (tertiary/aromatic N) is 2. The lowest BCUT2D eigenvalue weighted by molar-refractivity contribution is -0.132. The molecule has 2 heterocycles. The number of aromatic nitrogens is 2. The molecule has 1 amide bonds. The molecule has 18 heavy (non-hydrogen) atoms. The molecule has 1 aromatic rings. The third-order valence-corrected chi connectivity index (χ3v) is 2.84. The molecule has 0 bridgehead atoms. The molecule has 100 valence electrons. The van der Waals surface area contributed by atoms with Crippen molar-refractivity contribution in [3.05, 3.63) is 17.4 Å². The Kier molecular flexibility index (Phi) is 4.18. The highest BCUT2D eigenvalue weighted by Gasteiger charge is 2.32. The number of carbonyl (C=O) groups is 1. The smallest absolute Gasteiger partial charge is 0.242 e. The average Bonchev–Trinajstić information content (AvgIpc) is 2.70. The Bertz CT molecular complexity index is 425. The van der Waals surface area contributed by atoms with Crippen molar-refractivity contribution in [1.82, 2.24) is 15.1 Å². The van der Waals surface area contributed by atoms with Gasteiger partial charge in [0.1, 0.15) is 18.8 Å². The van der Waals surface area contributed by atoms with Crippen molar-refractivity contribution >= 4 is 17.5 Å². The van der Waals surface area contributed by atoms with Crippen molar-refractivity contribution in [3.8, 4) is 0 Å².